The Labute approximate surface area is 290 Å². The quantitative estimate of drug-likeness (QED) is 0.171. The van der Waals surface area contributed by atoms with Gasteiger partial charge in [0.05, 0.1) is 11.0 Å². The van der Waals surface area contributed by atoms with Crippen LogP contribution in [0, 0.1) is 0 Å². The van der Waals surface area contributed by atoms with Gasteiger partial charge in [-0.15, -0.1) is 0 Å². The highest BCUT2D eigenvalue weighted by Gasteiger charge is 2.23. The highest BCUT2D eigenvalue weighted by Crippen LogP contribution is 2.46. The summed E-state index contributed by atoms with van der Waals surface area (Å²) >= 11 is 0. The van der Waals surface area contributed by atoms with Crippen LogP contribution in [0.1, 0.15) is 11.1 Å². The number of rotatable bonds is 3. The number of para-hydroxylation sites is 2. The average Bonchev–Trinajstić information content (AvgIpc) is 3.73. The van der Waals surface area contributed by atoms with E-state index in [0.29, 0.717) is 0 Å². The first-order chi connectivity index (χ1) is 24.8. The van der Waals surface area contributed by atoms with Gasteiger partial charge in [-0.05, 0) is 126 Å². The van der Waals surface area contributed by atoms with Gasteiger partial charge < -0.3 is 4.57 Å². The highest BCUT2D eigenvalue weighted by atomic mass is 15.0. The zero-order valence-corrected chi connectivity index (χ0v) is 27.4. The number of aromatic nitrogens is 1. The second-order valence-electron chi connectivity index (χ2n) is 13.7. The molecule has 11 rings (SSSR count). The van der Waals surface area contributed by atoms with Crippen molar-refractivity contribution in [3.63, 3.8) is 0 Å². The number of nitrogens with zero attached hydrogens (tertiary/aromatic N) is 1. The van der Waals surface area contributed by atoms with Crippen LogP contribution in [0.3, 0.4) is 0 Å². The summed E-state index contributed by atoms with van der Waals surface area (Å²) in [5.41, 5.74) is 14.2. The molecule has 0 unspecified atom stereocenters. The molecule has 0 fully saturated rings. The minimum atomic E-state index is 0.949. The molecule has 0 radical (unpaired) electrons. The van der Waals surface area contributed by atoms with Crippen LogP contribution in [0.2, 0.25) is 0 Å². The molecule has 50 heavy (non-hydrogen) atoms. The normalized spacial score (nSPS) is 12.3. The van der Waals surface area contributed by atoms with Crippen molar-refractivity contribution < 1.29 is 0 Å². The van der Waals surface area contributed by atoms with E-state index in [4.69, 9.17) is 0 Å². The molecule has 1 nitrogen and oxygen atoms in total. The van der Waals surface area contributed by atoms with E-state index in [1.165, 1.54) is 104 Å². The lowest BCUT2D eigenvalue weighted by molar-refractivity contribution is 1.18. The maximum Gasteiger partial charge on any atom is 0.0541 e. The predicted molar refractivity (Wildman–Crippen MR) is 212 cm³/mol. The standard InChI is InChI=1S/C49H31N/c1-2-12-36-32(11-1)27-47-44(33-23-26-41-39-15-4-3-13-37(39)38-14-5-6-16-40(38)46(41)28-33)29-34(30-45(36)47)31-21-24-35(25-22-31)50-48-19-9-7-17-42(48)43-18-8-10-20-49(43)50/h1-26,28-30H,27H2. The molecular weight excluding hydrogens is 603 g/mol. The number of hydrogen-bond acceptors (Lipinski definition) is 0. The zero-order valence-electron chi connectivity index (χ0n) is 27.4. The number of hydrogen-bond donors (Lipinski definition) is 0. The minimum Gasteiger partial charge on any atom is -0.309 e. The Hall–Kier alpha value is -6.44. The fourth-order valence-corrected chi connectivity index (χ4v) is 8.73. The summed E-state index contributed by atoms with van der Waals surface area (Å²) in [6, 6.07) is 65.2. The van der Waals surface area contributed by atoms with E-state index in [0.717, 1.165) is 6.42 Å². The largest absolute Gasteiger partial charge is 0.309 e. The van der Waals surface area contributed by atoms with Crippen LogP contribution in [0.5, 0.6) is 0 Å². The zero-order chi connectivity index (χ0) is 32.8. The Kier molecular flexibility index (Phi) is 5.79. The lowest BCUT2D eigenvalue weighted by Gasteiger charge is -2.16. The maximum atomic E-state index is 2.44. The van der Waals surface area contributed by atoms with E-state index in [1.807, 2.05) is 0 Å². The van der Waals surface area contributed by atoms with Gasteiger partial charge in [0.1, 0.15) is 0 Å². The molecule has 0 spiro atoms. The fraction of sp³-hybridized carbons (Fsp3) is 0.0204. The first-order valence-corrected chi connectivity index (χ1v) is 17.5. The first kappa shape index (κ1) is 27.5. The summed E-state index contributed by atoms with van der Waals surface area (Å²) in [5, 5.41) is 10.4. The van der Waals surface area contributed by atoms with Gasteiger partial charge in [-0.2, -0.15) is 0 Å². The van der Waals surface area contributed by atoms with Crippen LogP contribution < -0.4 is 0 Å². The smallest absolute Gasteiger partial charge is 0.0541 e. The Morgan fingerprint density at radius 2 is 0.820 bits per heavy atom. The molecule has 0 atom stereocenters. The predicted octanol–water partition coefficient (Wildman–Crippen LogP) is 13.1. The van der Waals surface area contributed by atoms with Crippen molar-refractivity contribution >= 4 is 54.1 Å². The van der Waals surface area contributed by atoms with Crippen LogP contribution >= 0.6 is 0 Å². The maximum absolute atomic E-state index is 2.44. The van der Waals surface area contributed by atoms with Crippen molar-refractivity contribution in [3.05, 3.63) is 187 Å². The van der Waals surface area contributed by atoms with E-state index in [9.17, 15) is 0 Å². The lowest BCUT2D eigenvalue weighted by atomic mass is 9.88. The van der Waals surface area contributed by atoms with Gasteiger partial charge in [0.25, 0.3) is 0 Å². The SMILES string of the molecule is c1ccc2c(c1)Cc1c(-c3ccc4c5ccccc5c5ccccc5c4c3)cc(-c3ccc(-n4c5ccccc5c5ccccc54)cc3)cc1-2. The molecule has 0 amide bonds. The molecule has 1 aromatic heterocycles. The third kappa shape index (κ3) is 3.95. The van der Waals surface area contributed by atoms with Crippen LogP contribution in [-0.2, 0) is 6.42 Å². The molecule has 0 saturated heterocycles. The molecule has 0 bridgehead atoms. The van der Waals surface area contributed by atoms with Crippen molar-refractivity contribution in [1.82, 2.24) is 4.57 Å². The highest BCUT2D eigenvalue weighted by molar-refractivity contribution is 6.25. The first-order valence-electron chi connectivity index (χ1n) is 17.5. The van der Waals surface area contributed by atoms with Crippen LogP contribution in [0.4, 0.5) is 0 Å². The molecule has 9 aromatic carbocycles. The Morgan fingerprint density at radius 3 is 1.48 bits per heavy atom. The van der Waals surface area contributed by atoms with Crippen LogP contribution in [-0.4, -0.2) is 4.57 Å². The Balaban J connectivity index is 1.11. The molecule has 1 heterocycles. The summed E-state index contributed by atoms with van der Waals surface area (Å²) in [6.45, 7) is 0. The van der Waals surface area contributed by atoms with E-state index >= 15 is 0 Å². The van der Waals surface area contributed by atoms with Gasteiger partial charge in [0.2, 0.25) is 0 Å². The topological polar surface area (TPSA) is 4.93 Å². The third-order valence-corrected chi connectivity index (χ3v) is 11.0. The van der Waals surface area contributed by atoms with Crippen molar-refractivity contribution in [3.8, 4) is 39.1 Å². The summed E-state index contributed by atoms with van der Waals surface area (Å²) in [4.78, 5) is 0. The molecule has 1 aliphatic carbocycles. The fourth-order valence-electron chi connectivity index (χ4n) is 8.73. The molecule has 232 valence electrons. The summed E-state index contributed by atoms with van der Waals surface area (Å²) in [5.74, 6) is 0. The molecule has 1 heteroatoms. The van der Waals surface area contributed by atoms with Gasteiger partial charge in [-0.25, -0.2) is 0 Å². The van der Waals surface area contributed by atoms with Crippen molar-refractivity contribution in [1.29, 1.82) is 0 Å². The van der Waals surface area contributed by atoms with Gasteiger partial charge in [0.15, 0.2) is 0 Å². The van der Waals surface area contributed by atoms with E-state index < -0.39 is 0 Å². The molecule has 1 aliphatic rings. The van der Waals surface area contributed by atoms with Crippen LogP contribution in [0.25, 0.3) is 93.2 Å². The van der Waals surface area contributed by atoms with Crippen molar-refractivity contribution in [2.45, 2.75) is 6.42 Å². The lowest BCUT2D eigenvalue weighted by Crippen LogP contribution is -1.94. The van der Waals surface area contributed by atoms with Crippen LogP contribution in [0.15, 0.2) is 176 Å². The summed E-state index contributed by atoms with van der Waals surface area (Å²) < 4.78 is 2.39. The van der Waals surface area contributed by atoms with Crippen molar-refractivity contribution in [2.75, 3.05) is 0 Å². The second-order valence-corrected chi connectivity index (χ2v) is 13.7. The molecule has 10 aromatic rings. The van der Waals surface area contributed by atoms with Gasteiger partial charge in [-0.3, -0.25) is 0 Å². The summed E-state index contributed by atoms with van der Waals surface area (Å²) in [7, 11) is 0. The van der Waals surface area contributed by atoms with E-state index in [-0.39, 0.29) is 0 Å². The van der Waals surface area contributed by atoms with Gasteiger partial charge in [-0.1, -0.05) is 133 Å². The average molecular weight is 634 g/mol. The molecule has 0 saturated carbocycles. The Morgan fingerprint density at radius 1 is 0.320 bits per heavy atom. The second kappa shape index (κ2) is 10.5. The van der Waals surface area contributed by atoms with E-state index in [1.54, 1.807) is 0 Å². The van der Waals surface area contributed by atoms with Gasteiger partial charge >= 0.3 is 0 Å². The number of benzene rings is 9. The minimum absolute atomic E-state index is 0.949. The summed E-state index contributed by atoms with van der Waals surface area (Å²) in [6.07, 6.45) is 0.949. The monoisotopic (exact) mass is 633 g/mol. The van der Waals surface area contributed by atoms with E-state index in [2.05, 4.69) is 180 Å². The molecule has 0 aliphatic heterocycles. The molecule has 0 N–H and O–H groups in total. The third-order valence-electron chi connectivity index (χ3n) is 11.0. The van der Waals surface area contributed by atoms with Crippen molar-refractivity contribution in [2.24, 2.45) is 0 Å². The molecular formula is C49H31N. The van der Waals surface area contributed by atoms with Gasteiger partial charge in [0, 0.05) is 16.5 Å². The number of fused-ring (bicyclic) bond motifs is 12. The Bertz CT molecular complexity index is 2910.